The van der Waals surface area contributed by atoms with E-state index < -0.39 is 0 Å². The SMILES string of the molecule is Cc1ccccc1Oc1ccc(N2C(=O)c3cccc4cccc(c34)C2=O)cc1. The Morgan fingerprint density at radius 3 is 1.93 bits per heavy atom. The summed E-state index contributed by atoms with van der Waals surface area (Å²) in [6, 6.07) is 25.8. The van der Waals surface area contributed by atoms with Crippen molar-refractivity contribution in [1.29, 1.82) is 0 Å². The number of rotatable bonds is 3. The number of para-hydroxylation sites is 1. The number of anilines is 1. The van der Waals surface area contributed by atoms with Crippen LogP contribution in [-0.4, -0.2) is 11.8 Å². The Morgan fingerprint density at radius 2 is 1.31 bits per heavy atom. The van der Waals surface area contributed by atoms with E-state index in [-0.39, 0.29) is 11.8 Å². The maximum Gasteiger partial charge on any atom is 0.265 e. The zero-order valence-electron chi connectivity index (χ0n) is 15.8. The largest absolute Gasteiger partial charge is 0.457 e. The first-order valence-corrected chi connectivity index (χ1v) is 9.37. The van der Waals surface area contributed by atoms with Crippen LogP contribution in [-0.2, 0) is 0 Å². The van der Waals surface area contributed by atoms with Crippen LogP contribution >= 0.6 is 0 Å². The highest BCUT2D eigenvalue weighted by molar-refractivity contribution is 6.35. The predicted octanol–water partition coefficient (Wildman–Crippen LogP) is 5.74. The number of carbonyl (C=O) groups excluding carboxylic acids is 2. The molecule has 0 N–H and O–H groups in total. The van der Waals surface area contributed by atoms with Gasteiger partial charge in [-0.2, -0.15) is 0 Å². The number of ether oxygens (including phenoxy) is 1. The lowest BCUT2D eigenvalue weighted by atomic mass is 9.94. The molecular formula is C25H17NO3. The van der Waals surface area contributed by atoms with Crippen molar-refractivity contribution in [3.05, 3.63) is 102 Å². The fraction of sp³-hybridized carbons (Fsp3) is 0.0400. The summed E-state index contributed by atoms with van der Waals surface area (Å²) in [4.78, 5) is 27.4. The summed E-state index contributed by atoms with van der Waals surface area (Å²) < 4.78 is 5.92. The number of nitrogens with zero attached hydrogens (tertiary/aromatic N) is 1. The Hall–Kier alpha value is -3.92. The van der Waals surface area contributed by atoms with Gasteiger partial charge in [0.1, 0.15) is 11.5 Å². The van der Waals surface area contributed by atoms with Gasteiger partial charge in [0.2, 0.25) is 0 Å². The Kier molecular flexibility index (Phi) is 3.91. The van der Waals surface area contributed by atoms with Crippen molar-refractivity contribution in [2.45, 2.75) is 6.92 Å². The molecule has 0 spiro atoms. The van der Waals surface area contributed by atoms with Crippen LogP contribution in [0.5, 0.6) is 11.5 Å². The molecular weight excluding hydrogens is 362 g/mol. The number of amides is 2. The van der Waals surface area contributed by atoms with Crippen molar-refractivity contribution in [3.63, 3.8) is 0 Å². The highest BCUT2D eigenvalue weighted by Gasteiger charge is 2.33. The van der Waals surface area contributed by atoms with E-state index in [0.29, 0.717) is 22.6 Å². The summed E-state index contributed by atoms with van der Waals surface area (Å²) in [7, 11) is 0. The summed E-state index contributed by atoms with van der Waals surface area (Å²) >= 11 is 0. The molecule has 140 valence electrons. The third-order valence-electron chi connectivity index (χ3n) is 5.19. The summed E-state index contributed by atoms with van der Waals surface area (Å²) in [6.07, 6.45) is 0. The molecule has 1 aliphatic heterocycles. The second-order valence-electron chi connectivity index (χ2n) is 7.02. The molecule has 29 heavy (non-hydrogen) atoms. The van der Waals surface area contributed by atoms with Crippen LogP contribution in [0.15, 0.2) is 84.9 Å². The Balaban J connectivity index is 1.51. The minimum Gasteiger partial charge on any atom is -0.457 e. The third kappa shape index (κ3) is 2.77. The fourth-order valence-corrected chi connectivity index (χ4v) is 3.73. The molecule has 5 rings (SSSR count). The molecule has 0 radical (unpaired) electrons. The molecule has 1 aliphatic rings. The zero-order valence-corrected chi connectivity index (χ0v) is 15.8. The van der Waals surface area contributed by atoms with Crippen LogP contribution in [0.3, 0.4) is 0 Å². The maximum absolute atomic E-state index is 13.1. The van der Waals surface area contributed by atoms with Gasteiger partial charge in [0.05, 0.1) is 5.69 Å². The summed E-state index contributed by atoms with van der Waals surface area (Å²) in [5.74, 6) is 0.784. The van der Waals surface area contributed by atoms with Gasteiger partial charge in [-0.05, 0) is 60.3 Å². The van der Waals surface area contributed by atoms with E-state index in [0.717, 1.165) is 22.1 Å². The zero-order chi connectivity index (χ0) is 20.0. The number of aryl methyl sites for hydroxylation is 1. The second-order valence-corrected chi connectivity index (χ2v) is 7.02. The molecule has 0 atom stereocenters. The first-order valence-electron chi connectivity index (χ1n) is 9.37. The highest BCUT2D eigenvalue weighted by atomic mass is 16.5. The van der Waals surface area contributed by atoms with Crippen LogP contribution in [0.4, 0.5) is 5.69 Å². The molecule has 0 saturated carbocycles. The van der Waals surface area contributed by atoms with Gasteiger partial charge < -0.3 is 4.74 Å². The minimum absolute atomic E-state index is 0.313. The van der Waals surface area contributed by atoms with Gasteiger partial charge in [-0.1, -0.05) is 42.5 Å². The number of hydrogen-bond acceptors (Lipinski definition) is 3. The van der Waals surface area contributed by atoms with E-state index in [2.05, 4.69) is 0 Å². The smallest absolute Gasteiger partial charge is 0.265 e. The fourth-order valence-electron chi connectivity index (χ4n) is 3.73. The lowest BCUT2D eigenvalue weighted by Gasteiger charge is -2.27. The lowest BCUT2D eigenvalue weighted by molar-refractivity contribution is 0.0893. The number of carbonyl (C=O) groups is 2. The van der Waals surface area contributed by atoms with Gasteiger partial charge in [0.15, 0.2) is 0 Å². The van der Waals surface area contributed by atoms with Crippen molar-refractivity contribution in [3.8, 4) is 11.5 Å². The Morgan fingerprint density at radius 1 is 0.690 bits per heavy atom. The van der Waals surface area contributed by atoms with Gasteiger partial charge in [-0.15, -0.1) is 0 Å². The van der Waals surface area contributed by atoms with E-state index in [4.69, 9.17) is 4.74 Å². The van der Waals surface area contributed by atoms with Gasteiger partial charge >= 0.3 is 0 Å². The molecule has 0 bridgehead atoms. The average molecular weight is 379 g/mol. The predicted molar refractivity (Wildman–Crippen MR) is 113 cm³/mol. The minimum atomic E-state index is -0.313. The maximum atomic E-state index is 13.1. The molecule has 2 amide bonds. The van der Waals surface area contributed by atoms with E-state index in [9.17, 15) is 9.59 Å². The summed E-state index contributed by atoms with van der Waals surface area (Å²) in [5, 5.41) is 1.61. The van der Waals surface area contributed by atoms with Gasteiger partial charge in [-0.3, -0.25) is 9.59 Å². The molecule has 4 heteroatoms. The second kappa shape index (κ2) is 6.60. The summed E-state index contributed by atoms with van der Waals surface area (Å²) in [6.45, 7) is 1.98. The molecule has 0 aliphatic carbocycles. The van der Waals surface area contributed by atoms with Crippen molar-refractivity contribution in [2.24, 2.45) is 0 Å². The molecule has 0 unspecified atom stereocenters. The lowest BCUT2D eigenvalue weighted by Crippen LogP contribution is -2.40. The summed E-state index contributed by atoms with van der Waals surface area (Å²) in [5.41, 5.74) is 2.63. The molecule has 4 aromatic rings. The Bertz CT molecular complexity index is 1220. The quantitative estimate of drug-likeness (QED) is 0.426. The topological polar surface area (TPSA) is 46.6 Å². The van der Waals surface area contributed by atoms with Gasteiger partial charge in [0, 0.05) is 16.5 Å². The van der Waals surface area contributed by atoms with Gasteiger partial charge in [-0.25, -0.2) is 4.90 Å². The van der Waals surface area contributed by atoms with E-state index in [1.807, 2.05) is 55.5 Å². The van der Waals surface area contributed by atoms with Crippen LogP contribution < -0.4 is 9.64 Å². The third-order valence-corrected chi connectivity index (χ3v) is 5.19. The first kappa shape index (κ1) is 17.2. The van der Waals surface area contributed by atoms with E-state index in [1.165, 1.54) is 4.90 Å². The van der Waals surface area contributed by atoms with Crippen LogP contribution in [0.1, 0.15) is 26.3 Å². The van der Waals surface area contributed by atoms with E-state index >= 15 is 0 Å². The Labute approximate surface area is 168 Å². The van der Waals surface area contributed by atoms with Crippen LogP contribution in [0, 0.1) is 6.92 Å². The molecule has 1 heterocycles. The van der Waals surface area contributed by atoms with Crippen molar-refractivity contribution < 1.29 is 14.3 Å². The van der Waals surface area contributed by atoms with Crippen molar-refractivity contribution >= 4 is 28.3 Å². The molecule has 4 aromatic carbocycles. The molecule has 0 saturated heterocycles. The molecule has 4 nitrogen and oxygen atoms in total. The molecule has 0 fully saturated rings. The molecule has 0 aromatic heterocycles. The monoisotopic (exact) mass is 379 g/mol. The highest BCUT2D eigenvalue weighted by Crippen LogP contribution is 2.34. The van der Waals surface area contributed by atoms with E-state index in [1.54, 1.807) is 36.4 Å². The number of hydrogen-bond donors (Lipinski definition) is 0. The number of benzene rings is 4. The van der Waals surface area contributed by atoms with Gasteiger partial charge in [0.25, 0.3) is 11.8 Å². The first-order chi connectivity index (χ1) is 14.1. The standard InChI is InChI=1S/C25H17NO3/c1-16-6-2-3-11-22(16)29-19-14-12-18(13-15-19)26-24(27)20-9-4-7-17-8-5-10-21(23(17)20)25(26)28/h2-15H,1H3. The normalized spacial score (nSPS) is 13.1. The van der Waals surface area contributed by atoms with Crippen molar-refractivity contribution in [2.75, 3.05) is 4.90 Å². The van der Waals surface area contributed by atoms with Crippen LogP contribution in [0.2, 0.25) is 0 Å². The number of imide groups is 1. The van der Waals surface area contributed by atoms with Crippen molar-refractivity contribution in [1.82, 2.24) is 0 Å². The average Bonchev–Trinajstić information content (AvgIpc) is 2.75. The van der Waals surface area contributed by atoms with Crippen LogP contribution in [0.25, 0.3) is 10.8 Å².